The van der Waals surface area contributed by atoms with Crippen molar-refractivity contribution in [2.75, 3.05) is 50.0 Å². The number of nitrogens with one attached hydrogen (secondary N) is 1. The van der Waals surface area contributed by atoms with Crippen LogP contribution in [0.4, 0.5) is 24.5 Å². The molecule has 1 amide bonds. The second kappa shape index (κ2) is 10.5. The van der Waals surface area contributed by atoms with Crippen molar-refractivity contribution in [3.63, 3.8) is 0 Å². The number of alkyl halides is 3. The molecule has 1 aliphatic heterocycles. The molecule has 1 heterocycles. The zero-order valence-corrected chi connectivity index (χ0v) is 19.6. The SMILES string of the molecule is COCc1cccc(NS(=O)(=O)c2ccc(OC)c(N3CCCN(C(=O)C(F)(F)F)CC3)c2)c1. The molecule has 2 aromatic rings. The van der Waals surface area contributed by atoms with Crippen LogP contribution >= 0.6 is 0 Å². The van der Waals surface area contributed by atoms with Crippen LogP contribution < -0.4 is 14.4 Å². The van der Waals surface area contributed by atoms with Crippen LogP contribution in [0.25, 0.3) is 0 Å². The van der Waals surface area contributed by atoms with Crippen LogP contribution in [-0.4, -0.2) is 65.8 Å². The Morgan fingerprint density at radius 3 is 2.50 bits per heavy atom. The molecule has 3 rings (SSSR count). The number of ether oxygens (including phenoxy) is 2. The molecular formula is C22H26F3N3O5S. The topological polar surface area (TPSA) is 88.2 Å². The Morgan fingerprint density at radius 1 is 1.06 bits per heavy atom. The summed E-state index contributed by atoms with van der Waals surface area (Å²) in [5.41, 5.74) is 1.57. The van der Waals surface area contributed by atoms with Crippen LogP contribution in [-0.2, 0) is 26.2 Å². The molecule has 12 heteroatoms. The van der Waals surface area contributed by atoms with Gasteiger partial charge in [0.25, 0.3) is 10.0 Å². The second-order valence-electron chi connectivity index (χ2n) is 7.70. The van der Waals surface area contributed by atoms with Crippen LogP contribution in [0.2, 0.25) is 0 Å². The summed E-state index contributed by atoms with van der Waals surface area (Å²) in [5, 5.41) is 0. The van der Waals surface area contributed by atoms with Crippen LogP contribution in [0.3, 0.4) is 0 Å². The Hall–Kier alpha value is -2.99. The molecule has 186 valence electrons. The van der Waals surface area contributed by atoms with E-state index in [2.05, 4.69) is 4.72 Å². The summed E-state index contributed by atoms with van der Waals surface area (Å²) >= 11 is 0. The van der Waals surface area contributed by atoms with Crippen molar-refractivity contribution in [1.29, 1.82) is 0 Å². The molecule has 8 nitrogen and oxygen atoms in total. The van der Waals surface area contributed by atoms with Crippen molar-refractivity contribution >= 4 is 27.3 Å². The van der Waals surface area contributed by atoms with E-state index in [1.54, 1.807) is 29.2 Å². The van der Waals surface area contributed by atoms with Gasteiger partial charge in [-0.15, -0.1) is 0 Å². The van der Waals surface area contributed by atoms with Crippen molar-refractivity contribution < 1.29 is 35.9 Å². The van der Waals surface area contributed by atoms with Gasteiger partial charge in [-0.05, 0) is 42.3 Å². The number of hydrogen-bond acceptors (Lipinski definition) is 6. The third-order valence-corrected chi connectivity index (χ3v) is 6.70. The number of carbonyl (C=O) groups is 1. The van der Waals surface area contributed by atoms with Crippen molar-refractivity contribution in [2.24, 2.45) is 0 Å². The van der Waals surface area contributed by atoms with Gasteiger partial charge in [0, 0.05) is 39.0 Å². The molecule has 0 aromatic heterocycles. The van der Waals surface area contributed by atoms with E-state index < -0.39 is 22.1 Å². The molecule has 2 aromatic carbocycles. The van der Waals surface area contributed by atoms with E-state index in [9.17, 15) is 26.4 Å². The smallest absolute Gasteiger partial charge is 0.471 e. The molecule has 1 fully saturated rings. The summed E-state index contributed by atoms with van der Waals surface area (Å²) in [5.74, 6) is -1.51. The Labute approximate surface area is 196 Å². The summed E-state index contributed by atoms with van der Waals surface area (Å²) in [6, 6.07) is 11.1. The zero-order valence-electron chi connectivity index (χ0n) is 18.8. The molecule has 0 spiro atoms. The van der Waals surface area contributed by atoms with Crippen LogP contribution in [0.1, 0.15) is 12.0 Å². The average Bonchev–Trinajstić information content (AvgIpc) is 3.04. The highest BCUT2D eigenvalue weighted by atomic mass is 32.2. The fourth-order valence-corrected chi connectivity index (χ4v) is 4.80. The maximum Gasteiger partial charge on any atom is 0.471 e. The average molecular weight is 502 g/mol. The van der Waals surface area contributed by atoms with Crippen molar-refractivity contribution in [3.8, 4) is 5.75 Å². The highest BCUT2D eigenvalue weighted by Crippen LogP contribution is 2.33. The van der Waals surface area contributed by atoms with Crippen molar-refractivity contribution in [3.05, 3.63) is 48.0 Å². The van der Waals surface area contributed by atoms with E-state index in [1.165, 1.54) is 32.4 Å². The highest BCUT2D eigenvalue weighted by molar-refractivity contribution is 7.92. The first-order valence-corrected chi connectivity index (χ1v) is 11.9. The molecule has 0 atom stereocenters. The summed E-state index contributed by atoms with van der Waals surface area (Å²) < 4.78 is 77.6. The predicted molar refractivity (Wildman–Crippen MR) is 120 cm³/mol. The maximum absolute atomic E-state index is 13.0. The number of methoxy groups -OCH3 is 2. The zero-order chi connectivity index (χ0) is 24.9. The number of carbonyl (C=O) groups excluding carboxylic acids is 1. The number of sulfonamides is 1. The summed E-state index contributed by atoms with van der Waals surface area (Å²) in [4.78, 5) is 14.1. The molecule has 34 heavy (non-hydrogen) atoms. The first-order valence-electron chi connectivity index (χ1n) is 10.4. The first-order chi connectivity index (χ1) is 16.0. The van der Waals surface area contributed by atoms with Gasteiger partial charge in [0.2, 0.25) is 0 Å². The lowest BCUT2D eigenvalue weighted by Crippen LogP contribution is -2.43. The number of rotatable bonds is 7. The summed E-state index contributed by atoms with van der Waals surface area (Å²) in [6.45, 7) is 0.546. The molecular weight excluding hydrogens is 475 g/mol. The number of nitrogens with zero attached hydrogens (tertiary/aromatic N) is 2. The van der Waals surface area contributed by atoms with Gasteiger partial charge in [-0.25, -0.2) is 8.42 Å². The van der Waals surface area contributed by atoms with Gasteiger partial charge in [0.1, 0.15) is 5.75 Å². The first kappa shape index (κ1) is 25.6. The normalized spacial score (nSPS) is 15.1. The lowest BCUT2D eigenvalue weighted by molar-refractivity contribution is -0.185. The summed E-state index contributed by atoms with van der Waals surface area (Å²) in [6.07, 6.45) is -4.65. The van der Waals surface area contributed by atoms with Crippen LogP contribution in [0.15, 0.2) is 47.4 Å². The van der Waals surface area contributed by atoms with Gasteiger partial charge in [0.05, 0.1) is 24.3 Å². The van der Waals surface area contributed by atoms with Crippen molar-refractivity contribution in [2.45, 2.75) is 24.1 Å². The van der Waals surface area contributed by atoms with Gasteiger partial charge >= 0.3 is 12.1 Å². The van der Waals surface area contributed by atoms with Gasteiger partial charge in [0.15, 0.2) is 0 Å². The Morgan fingerprint density at radius 2 is 1.82 bits per heavy atom. The maximum atomic E-state index is 13.0. The minimum atomic E-state index is -4.94. The van der Waals surface area contributed by atoms with Crippen LogP contribution in [0.5, 0.6) is 5.75 Å². The molecule has 0 radical (unpaired) electrons. The van der Waals surface area contributed by atoms with Gasteiger partial charge < -0.3 is 19.3 Å². The number of hydrogen-bond donors (Lipinski definition) is 1. The summed E-state index contributed by atoms with van der Waals surface area (Å²) in [7, 11) is -1.01. The highest BCUT2D eigenvalue weighted by Gasteiger charge is 2.42. The molecule has 1 N–H and O–H groups in total. The molecule has 0 saturated carbocycles. The number of halogens is 3. The largest absolute Gasteiger partial charge is 0.495 e. The van der Waals surface area contributed by atoms with Gasteiger partial charge in [-0.1, -0.05) is 12.1 Å². The fraction of sp³-hybridized carbons (Fsp3) is 0.409. The monoisotopic (exact) mass is 501 g/mol. The number of amides is 1. The standard InChI is InChI=1S/C22H26F3N3O5S/c1-32-15-16-5-3-6-17(13-16)26-34(30,31)18-7-8-20(33-2)19(14-18)27-9-4-10-28(12-11-27)21(29)22(23,24)25/h3,5-8,13-14,26H,4,9-12,15H2,1-2H3. The van der Waals surface area contributed by atoms with E-state index in [-0.39, 0.29) is 31.0 Å². The molecule has 1 saturated heterocycles. The third-order valence-electron chi connectivity index (χ3n) is 5.32. The predicted octanol–water partition coefficient (Wildman–Crippen LogP) is 3.24. The minimum Gasteiger partial charge on any atom is -0.495 e. The van der Waals surface area contributed by atoms with E-state index in [4.69, 9.17) is 9.47 Å². The molecule has 0 unspecified atom stereocenters. The van der Waals surface area contributed by atoms with Gasteiger partial charge in [-0.2, -0.15) is 13.2 Å². The van der Waals surface area contributed by atoms with Crippen LogP contribution in [0, 0.1) is 0 Å². The molecule has 1 aliphatic rings. The molecule has 0 bridgehead atoms. The number of anilines is 2. The fourth-order valence-electron chi connectivity index (χ4n) is 3.73. The number of benzene rings is 2. The van der Waals surface area contributed by atoms with E-state index >= 15 is 0 Å². The lowest BCUT2D eigenvalue weighted by atomic mass is 10.2. The second-order valence-corrected chi connectivity index (χ2v) is 9.39. The molecule has 0 aliphatic carbocycles. The Kier molecular flexibility index (Phi) is 7.93. The van der Waals surface area contributed by atoms with E-state index in [0.717, 1.165) is 10.5 Å². The van der Waals surface area contributed by atoms with Gasteiger partial charge in [-0.3, -0.25) is 9.52 Å². The minimum absolute atomic E-state index is 0.0343. The van der Waals surface area contributed by atoms with Crippen molar-refractivity contribution in [1.82, 2.24) is 4.90 Å². The Bertz CT molecular complexity index is 1130. The third kappa shape index (κ3) is 6.11. The quantitative estimate of drug-likeness (QED) is 0.627. The Balaban J connectivity index is 1.84. The van der Waals surface area contributed by atoms with E-state index in [1.807, 2.05) is 0 Å². The lowest BCUT2D eigenvalue weighted by Gasteiger charge is -2.26. The van der Waals surface area contributed by atoms with E-state index in [0.29, 0.717) is 30.3 Å².